The van der Waals surface area contributed by atoms with Crippen molar-refractivity contribution in [2.45, 2.75) is 6.42 Å². The summed E-state index contributed by atoms with van der Waals surface area (Å²) >= 11 is 0. The zero-order valence-electron chi connectivity index (χ0n) is 5.53. The van der Waals surface area contributed by atoms with Gasteiger partial charge in [0.1, 0.15) is 6.79 Å². The molecule has 1 aliphatic carbocycles. The molecule has 0 saturated heterocycles. The summed E-state index contributed by atoms with van der Waals surface area (Å²) in [4.78, 5) is 11.0. The zero-order chi connectivity index (χ0) is 7.82. The predicted octanol–water partition coefficient (Wildman–Crippen LogP) is 0.988. The van der Waals surface area contributed by atoms with Gasteiger partial charge in [0.2, 0.25) is 0 Å². The van der Waals surface area contributed by atoms with E-state index in [1.807, 2.05) is 25.0 Å². The van der Waals surface area contributed by atoms with Crippen LogP contribution in [0.2, 0.25) is 0 Å². The van der Waals surface area contributed by atoms with E-state index >= 15 is 0 Å². The van der Waals surface area contributed by atoms with Crippen LogP contribution in [0.1, 0.15) is 6.42 Å². The number of rotatable bonds is 0. The van der Waals surface area contributed by atoms with Crippen molar-refractivity contribution in [2.24, 2.45) is 0 Å². The molecule has 0 aliphatic heterocycles. The van der Waals surface area contributed by atoms with E-state index < -0.39 is 0 Å². The van der Waals surface area contributed by atoms with Crippen molar-refractivity contribution in [1.82, 2.24) is 0 Å². The Morgan fingerprint density at radius 3 is 2.50 bits per heavy atom. The number of carbonyl (C=O) groups excluding carboxylic acids is 1. The fraction of sp³-hybridized carbons (Fsp3) is 0.143. The monoisotopic (exact) mass is 136 g/mol. The Balaban J connectivity index is 0.000000371. The van der Waals surface area contributed by atoms with E-state index in [0.29, 0.717) is 5.71 Å². The first-order valence-corrected chi connectivity index (χ1v) is 2.76. The molecule has 0 aromatic heterocycles. The molecular formula is C7H8N2O. The lowest BCUT2D eigenvalue weighted by molar-refractivity contribution is -0.0979. The van der Waals surface area contributed by atoms with Gasteiger partial charge in [-0.3, -0.25) is 0 Å². The van der Waals surface area contributed by atoms with Crippen LogP contribution in [0.5, 0.6) is 0 Å². The lowest BCUT2D eigenvalue weighted by Gasteiger charge is -1.85. The van der Waals surface area contributed by atoms with Crippen molar-refractivity contribution in [3.63, 3.8) is 0 Å². The fourth-order valence-electron chi connectivity index (χ4n) is 0.576. The average Bonchev–Trinajstić information content (AvgIpc) is 2.10. The maximum Gasteiger partial charge on any atom is 0.295 e. The van der Waals surface area contributed by atoms with E-state index in [1.54, 1.807) is 6.08 Å². The molecule has 0 N–H and O–H groups in total. The van der Waals surface area contributed by atoms with Crippen molar-refractivity contribution in [3.8, 4) is 0 Å². The first-order chi connectivity index (χ1) is 4.93. The third-order valence-electron chi connectivity index (χ3n) is 0.991. The number of carbonyl (C=O) groups is 1. The summed E-state index contributed by atoms with van der Waals surface area (Å²) in [6.07, 6.45) is 8.23. The van der Waals surface area contributed by atoms with Gasteiger partial charge in [0.05, 0.1) is 6.42 Å². The molecule has 10 heavy (non-hydrogen) atoms. The summed E-state index contributed by atoms with van der Waals surface area (Å²) < 4.78 is 0. The highest BCUT2D eigenvalue weighted by atomic mass is 16.1. The van der Waals surface area contributed by atoms with Gasteiger partial charge in [-0.2, -0.15) is 4.79 Å². The molecule has 0 heterocycles. The van der Waals surface area contributed by atoms with E-state index in [2.05, 4.69) is 4.79 Å². The molecular weight excluding hydrogens is 128 g/mol. The molecule has 0 aromatic carbocycles. The lowest BCUT2D eigenvalue weighted by atomic mass is 10.2. The smallest absolute Gasteiger partial charge is 0.295 e. The minimum absolute atomic E-state index is 0.715. The second-order valence-electron chi connectivity index (χ2n) is 1.58. The topological polar surface area (TPSA) is 53.5 Å². The predicted molar refractivity (Wildman–Crippen MR) is 38.6 cm³/mol. The Hall–Kier alpha value is -1.47. The molecule has 0 amide bonds. The standard InChI is InChI=1S/C6H6N2.CH2O/c7-8-6-4-2-1-3-5-6;1-2/h1-4H,5H2;1H2. The van der Waals surface area contributed by atoms with Gasteiger partial charge >= 0.3 is 0 Å². The van der Waals surface area contributed by atoms with E-state index in [0.717, 1.165) is 6.42 Å². The van der Waals surface area contributed by atoms with E-state index in [1.165, 1.54) is 0 Å². The first-order valence-electron chi connectivity index (χ1n) is 2.76. The minimum Gasteiger partial charge on any atom is -0.361 e. The summed E-state index contributed by atoms with van der Waals surface area (Å²) in [7, 11) is 0. The van der Waals surface area contributed by atoms with Gasteiger partial charge in [0.15, 0.2) is 0 Å². The Kier molecular flexibility index (Phi) is 4.83. The van der Waals surface area contributed by atoms with Crippen LogP contribution in [0.4, 0.5) is 0 Å². The molecule has 0 bridgehead atoms. The summed E-state index contributed by atoms with van der Waals surface area (Å²) in [6, 6.07) is 0. The highest BCUT2D eigenvalue weighted by Gasteiger charge is 1.99. The molecule has 0 unspecified atom stereocenters. The second-order valence-corrected chi connectivity index (χ2v) is 1.58. The Bertz CT molecular complexity index is 200. The van der Waals surface area contributed by atoms with Crippen molar-refractivity contribution in [2.75, 3.05) is 0 Å². The van der Waals surface area contributed by atoms with Gasteiger partial charge in [-0.05, 0) is 0 Å². The molecule has 52 valence electrons. The maximum absolute atomic E-state index is 8.19. The highest BCUT2D eigenvalue weighted by molar-refractivity contribution is 5.92. The molecule has 0 fully saturated rings. The van der Waals surface area contributed by atoms with Crippen LogP contribution in [0, 0.1) is 0 Å². The largest absolute Gasteiger partial charge is 0.361 e. The summed E-state index contributed by atoms with van der Waals surface area (Å²) in [5.41, 5.74) is 8.91. The third-order valence-corrected chi connectivity index (χ3v) is 0.991. The minimum atomic E-state index is 0.715. The van der Waals surface area contributed by atoms with Crippen molar-refractivity contribution in [3.05, 3.63) is 29.8 Å². The van der Waals surface area contributed by atoms with Gasteiger partial charge < -0.3 is 10.3 Å². The SMILES string of the molecule is C=O.[N-]=[N+]=C1C=CC=CC1. The highest BCUT2D eigenvalue weighted by Crippen LogP contribution is 1.94. The zero-order valence-corrected chi connectivity index (χ0v) is 5.53. The van der Waals surface area contributed by atoms with Gasteiger partial charge in [-0.15, -0.1) is 0 Å². The van der Waals surface area contributed by atoms with Gasteiger partial charge in [0, 0.05) is 6.08 Å². The molecule has 1 aliphatic rings. The van der Waals surface area contributed by atoms with E-state index in [4.69, 9.17) is 10.3 Å². The van der Waals surface area contributed by atoms with Crippen LogP contribution in [0.25, 0.3) is 5.53 Å². The second kappa shape index (κ2) is 5.66. The van der Waals surface area contributed by atoms with E-state index in [-0.39, 0.29) is 0 Å². The molecule has 0 atom stereocenters. The number of hydrogen-bond donors (Lipinski definition) is 0. The average molecular weight is 136 g/mol. The molecule has 0 saturated carbocycles. The number of allylic oxidation sites excluding steroid dienone is 4. The fourth-order valence-corrected chi connectivity index (χ4v) is 0.576. The summed E-state index contributed by atoms with van der Waals surface area (Å²) in [6.45, 7) is 2.00. The van der Waals surface area contributed by atoms with Gasteiger partial charge in [-0.1, -0.05) is 18.2 Å². The van der Waals surface area contributed by atoms with Crippen LogP contribution >= 0.6 is 0 Å². The maximum atomic E-state index is 8.19. The summed E-state index contributed by atoms with van der Waals surface area (Å²) in [5.74, 6) is 0. The quantitative estimate of drug-likeness (QED) is 0.362. The Morgan fingerprint density at radius 1 is 1.50 bits per heavy atom. The van der Waals surface area contributed by atoms with Crippen molar-refractivity contribution >= 4 is 12.5 Å². The molecule has 0 radical (unpaired) electrons. The first kappa shape index (κ1) is 8.53. The third kappa shape index (κ3) is 2.74. The normalized spacial score (nSPS) is 13.4. The molecule has 3 nitrogen and oxygen atoms in total. The van der Waals surface area contributed by atoms with Crippen LogP contribution in [-0.4, -0.2) is 17.3 Å². The van der Waals surface area contributed by atoms with Gasteiger partial charge in [-0.25, -0.2) is 0 Å². The molecule has 0 spiro atoms. The Labute approximate surface area is 59.3 Å². The number of nitrogens with zero attached hydrogens (tertiary/aromatic N) is 2. The number of hydrogen-bond acceptors (Lipinski definition) is 1. The van der Waals surface area contributed by atoms with Crippen molar-refractivity contribution < 1.29 is 9.58 Å². The van der Waals surface area contributed by atoms with Gasteiger partial charge in [0.25, 0.3) is 5.71 Å². The van der Waals surface area contributed by atoms with E-state index in [9.17, 15) is 0 Å². The van der Waals surface area contributed by atoms with Crippen LogP contribution in [0.15, 0.2) is 24.3 Å². The van der Waals surface area contributed by atoms with Crippen molar-refractivity contribution in [1.29, 1.82) is 0 Å². The summed E-state index contributed by atoms with van der Waals surface area (Å²) in [5, 5.41) is 0. The molecule has 0 aromatic rings. The molecule has 3 heteroatoms. The van der Waals surface area contributed by atoms with Crippen LogP contribution < -0.4 is 0 Å². The van der Waals surface area contributed by atoms with Crippen LogP contribution in [-0.2, 0) is 4.79 Å². The lowest BCUT2D eigenvalue weighted by Crippen LogP contribution is -1.93. The van der Waals surface area contributed by atoms with Crippen LogP contribution in [0.3, 0.4) is 0 Å². The Morgan fingerprint density at radius 2 is 2.20 bits per heavy atom. The molecule has 1 rings (SSSR count).